The normalized spacial score (nSPS) is 14.5. The van der Waals surface area contributed by atoms with Gasteiger partial charge in [0, 0.05) is 13.0 Å². The van der Waals surface area contributed by atoms with Crippen molar-refractivity contribution in [3.05, 3.63) is 71.8 Å². The van der Waals surface area contributed by atoms with Gasteiger partial charge in [0.25, 0.3) is 0 Å². The highest BCUT2D eigenvalue weighted by Gasteiger charge is 2.31. The molecule has 10 heteroatoms. The van der Waals surface area contributed by atoms with Gasteiger partial charge in [0.2, 0.25) is 17.7 Å². The molecule has 0 saturated carbocycles. The summed E-state index contributed by atoms with van der Waals surface area (Å²) in [6.07, 6.45) is -0.128. The number of aliphatic hydroxyl groups excluding tert-OH is 1. The maximum Gasteiger partial charge on any atom is 0.408 e. The molecular weight excluding hydrogens is 584 g/mol. The first-order chi connectivity index (χ1) is 21.9. The molecule has 254 valence electrons. The Morgan fingerprint density at radius 2 is 1.30 bits per heavy atom. The minimum absolute atomic E-state index is 0.0416. The van der Waals surface area contributed by atoms with Gasteiger partial charge in [-0.1, -0.05) is 109 Å². The molecule has 0 aliphatic carbocycles. The number of hydrogen-bond donors (Lipinski definition) is 5. The first-order valence-corrected chi connectivity index (χ1v) is 16.4. The van der Waals surface area contributed by atoms with Crippen LogP contribution < -0.4 is 21.3 Å². The Bertz CT molecular complexity index is 1210. The smallest absolute Gasteiger partial charge is 0.408 e. The lowest BCUT2D eigenvalue weighted by Gasteiger charge is -2.29. The molecule has 0 radical (unpaired) electrons. The summed E-state index contributed by atoms with van der Waals surface area (Å²) in [4.78, 5) is 52.7. The molecule has 3 unspecified atom stereocenters. The number of alkyl carbamates (subject to hydrolysis) is 1. The average Bonchev–Trinajstić information content (AvgIpc) is 3.02. The van der Waals surface area contributed by atoms with Crippen molar-refractivity contribution in [2.45, 2.75) is 104 Å². The predicted molar refractivity (Wildman–Crippen MR) is 180 cm³/mol. The highest BCUT2D eigenvalue weighted by Crippen LogP contribution is 2.14. The van der Waals surface area contributed by atoms with E-state index >= 15 is 0 Å². The van der Waals surface area contributed by atoms with Crippen LogP contribution in [0, 0.1) is 17.8 Å². The van der Waals surface area contributed by atoms with E-state index in [9.17, 15) is 24.3 Å². The number of carbonyl (C=O) groups is 4. The Labute approximate surface area is 274 Å². The zero-order chi connectivity index (χ0) is 34.1. The van der Waals surface area contributed by atoms with Gasteiger partial charge in [-0.3, -0.25) is 14.4 Å². The molecule has 0 bridgehead atoms. The fraction of sp³-hybridized carbons (Fsp3) is 0.556. The molecule has 10 nitrogen and oxygen atoms in total. The molecule has 5 atom stereocenters. The van der Waals surface area contributed by atoms with Crippen LogP contribution in [0.4, 0.5) is 4.79 Å². The van der Waals surface area contributed by atoms with Gasteiger partial charge in [0.15, 0.2) is 0 Å². The minimum Gasteiger partial charge on any atom is -0.445 e. The van der Waals surface area contributed by atoms with Gasteiger partial charge in [-0.15, -0.1) is 0 Å². The van der Waals surface area contributed by atoms with Gasteiger partial charge in [0.05, 0.1) is 18.6 Å². The van der Waals surface area contributed by atoms with Gasteiger partial charge < -0.3 is 31.1 Å². The second-order valence-electron chi connectivity index (χ2n) is 13.0. The molecule has 0 saturated heterocycles. The van der Waals surface area contributed by atoms with Crippen LogP contribution in [0.3, 0.4) is 0 Å². The van der Waals surface area contributed by atoms with E-state index in [0.717, 1.165) is 17.5 Å². The first kappa shape index (κ1) is 38.3. The van der Waals surface area contributed by atoms with Gasteiger partial charge in [0.1, 0.15) is 18.7 Å². The lowest BCUT2D eigenvalue weighted by Crippen LogP contribution is -2.57. The lowest BCUT2D eigenvalue weighted by molar-refractivity contribution is -0.131. The van der Waals surface area contributed by atoms with Crippen LogP contribution >= 0.6 is 0 Å². The third-order valence-corrected chi connectivity index (χ3v) is 7.70. The molecule has 2 aromatic carbocycles. The van der Waals surface area contributed by atoms with E-state index in [1.807, 2.05) is 102 Å². The van der Waals surface area contributed by atoms with Crippen LogP contribution in [-0.4, -0.2) is 59.7 Å². The standard InChI is InChI=1S/C36H54N4O6/c1-7-26(6)22-37-33(42)21-32(41)29(18-24(2)3)38-34(43)30(19-25(4)5)39-35(44)31(20-27-14-10-8-11-15-27)40-36(45)46-23-28-16-12-9-13-17-28/h8-17,24-26,29-32,41H,7,18-23H2,1-6H3,(H,37,42)(H,38,43)(H,39,44)(H,40,45)/t26?,29?,30-,31-,32?/m0/s1. The summed E-state index contributed by atoms with van der Waals surface area (Å²) in [5, 5.41) is 22.3. The van der Waals surface area contributed by atoms with Crippen molar-refractivity contribution in [2.24, 2.45) is 17.8 Å². The molecule has 2 aromatic rings. The number of nitrogens with one attached hydrogen (secondary N) is 4. The molecule has 5 N–H and O–H groups in total. The largest absolute Gasteiger partial charge is 0.445 e. The van der Waals surface area contributed by atoms with Gasteiger partial charge in [-0.25, -0.2) is 4.79 Å². The summed E-state index contributed by atoms with van der Waals surface area (Å²) >= 11 is 0. The maximum absolute atomic E-state index is 13.7. The number of benzene rings is 2. The van der Waals surface area contributed by atoms with Crippen LogP contribution in [0.2, 0.25) is 0 Å². The van der Waals surface area contributed by atoms with Crippen LogP contribution in [0.25, 0.3) is 0 Å². The van der Waals surface area contributed by atoms with Crippen molar-refractivity contribution in [2.75, 3.05) is 6.54 Å². The first-order valence-electron chi connectivity index (χ1n) is 16.4. The fourth-order valence-electron chi connectivity index (χ4n) is 4.88. The second-order valence-corrected chi connectivity index (χ2v) is 13.0. The van der Waals surface area contributed by atoms with Crippen LogP contribution in [0.5, 0.6) is 0 Å². The van der Waals surface area contributed by atoms with Crippen LogP contribution in [0.15, 0.2) is 60.7 Å². The highest BCUT2D eigenvalue weighted by molar-refractivity contribution is 5.91. The summed E-state index contributed by atoms with van der Waals surface area (Å²) in [7, 11) is 0. The third kappa shape index (κ3) is 14.9. The number of ether oxygens (including phenoxy) is 1. The van der Waals surface area contributed by atoms with Crippen LogP contribution in [0.1, 0.15) is 78.4 Å². The number of amides is 4. The van der Waals surface area contributed by atoms with Crippen molar-refractivity contribution in [3.63, 3.8) is 0 Å². The van der Waals surface area contributed by atoms with Gasteiger partial charge >= 0.3 is 6.09 Å². The van der Waals surface area contributed by atoms with E-state index in [-0.39, 0.29) is 37.2 Å². The van der Waals surface area contributed by atoms with E-state index in [1.165, 1.54) is 0 Å². The van der Waals surface area contributed by atoms with Crippen molar-refractivity contribution >= 4 is 23.8 Å². The molecule has 0 aromatic heterocycles. The summed E-state index contributed by atoms with van der Waals surface area (Å²) < 4.78 is 5.38. The molecule has 4 amide bonds. The fourth-order valence-corrected chi connectivity index (χ4v) is 4.88. The molecule has 0 heterocycles. The molecule has 0 spiro atoms. The summed E-state index contributed by atoms with van der Waals surface area (Å²) in [6.45, 7) is 12.5. The summed E-state index contributed by atoms with van der Waals surface area (Å²) in [6, 6.07) is 15.8. The molecule has 2 rings (SSSR count). The van der Waals surface area contributed by atoms with E-state index in [0.29, 0.717) is 25.3 Å². The monoisotopic (exact) mass is 638 g/mol. The van der Waals surface area contributed by atoms with Crippen molar-refractivity contribution in [3.8, 4) is 0 Å². The second kappa shape index (κ2) is 20.3. The highest BCUT2D eigenvalue weighted by atomic mass is 16.5. The van der Waals surface area contributed by atoms with E-state index in [1.54, 1.807) is 0 Å². The zero-order valence-corrected chi connectivity index (χ0v) is 28.3. The lowest BCUT2D eigenvalue weighted by atomic mass is 9.95. The Balaban J connectivity index is 2.16. The van der Waals surface area contributed by atoms with E-state index < -0.39 is 42.1 Å². The number of aliphatic hydroxyl groups is 1. The molecule has 0 aliphatic rings. The average molecular weight is 639 g/mol. The minimum atomic E-state index is -1.11. The quantitative estimate of drug-likeness (QED) is 0.153. The van der Waals surface area contributed by atoms with Crippen molar-refractivity contribution in [1.82, 2.24) is 21.3 Å². The van der Waals surface area contributed by atoms with Gasteiger partial charge in [-0.2, -0.15) is 0 Å². The molecule has 46 heavy (non-hydrogen) atoms. The predicted octanol–water partition coefficient (Wildman–Crippen LogP) is 4.50. The third-order valence-electron chi connectivity index (χ3n) is 7.70. The molecule has 0 aliphatic heterocycles. The topological polar surface area (TPSA) is 146 Å². The summed E-state index contributed by atoms with van der Waals surface area (Å²) in [5.74, 6) is -0.784. The Kier molecular flexibility index (Phi) is 16.8. The Morgan fingerprint density at radius 1 is 0.739 bits per heavy atom. The number of rotatable bonds is 19. The molecule has 0 fully saturated rings. The van der Waals surface area contributed by atoms with E-state index in [4.69, 9.17) is 4.74 Å². The van der Waals surface area contributed by atoms with Gasteiger partial charge in [-0.05, 0) is 41.7 Å². The zero-order valence-electron chi connectivity index (χ0n) is 28.3. The van der Waals surface area contributed by atoms with Crippen molar-refractivity contribution < 1.29 is 29.0 Å². The summed E-state index contributed by atoms with van der Waals surface area (Å²) in [5.41, 5.74) is 1.63. The van der Waals surface area contributed by atoms with Crippen molar-refractivity contribution in [1.29, 1.82) is 0 Å². The Hall–Kier alpha value is -3.92. The molecular formula is C36H54N4O6. The van der Waals surface area contributed by atoms with E-state index in [2.05, 4.69) is 21.3 Å². The van der Waals surface area contributed by atoms with Crippen LogP contribution in [-0.2, 0) is 32.1 Å². The maximum atomic E-state index is 13.7. The Morgan fingerprint density at radius 3 is 1.87 bits per heavy atom. The number of hydrogen-bond acceptors (Lipinski definition) is 6. The number of carbonyl (C=O) groups excluding carboxylic acids is 4. The SMILES string of the molecule is CCC(C)CNC(=O)CC(O)C(CC(C)C)NC(=O)[C@H](CC(C)C)NC(=O)[C@H](Cc1ccccc1)NC(=O)OCc1ccccc1.